The third-order valence-corrected chi connectivity index (χ3v) is 2.69. The molecule has 0 atom stereocenters. The highest BCUT2D eigenvalue weighted by atomic mass is 19.4. The van der Waals surface area contributed by atoms with Gasteiger partial charge in [0.1, 0.15) is 11.3 Å². The van der Waals surface area contributed by atoms with Crippen molar-refractivity contribution in [2.45, 2.75) is 6.36 Å². The average Bonchev–Trinajstić information content (AvgIpc) is 2.80. The molecule has 2 aromatic carbocycles. The second kappa shape index (κ2) is 4.69. The number of fused-ring (bicyclic) bond motifs is 1. The average molecular weight is 294 g/mol. The third kappa shape index (κ3) is 2.91. The highest BCUT2D eigenvalue weighted by Crippen LogP contribution is 2.29. The number of benzene rings is 2. The molecule has 107 valence electrons. The van der Waals surface area contributed by atoms with E-state index in [0.717, 1.165) is 12.1 Å². The van der Waals surface area contributed by atoms with Crippen LogP contribution in [-0.4, -0.2) is 11.3 Å². The molecule has 4 nitrogen and oxygen atoms in total. The van der Waals surface area contributed by atoms with Crippen LogP contribution in [0.3, 0.4) is 0 Å². The molecule has 0 unspecified atom stereocenters. The van der Waals surface area contributed by atoms with Crippen molar-refractivity contribution in [2.24, 2.45) is 0 Å². The van der Waals surface area contributed by atoms with Crippen molar-refractivity contribution in [2.75, 3.05) is 0 Å². The molecular formula is C14H7F3NO3. The summed E-state index contributed by atoms with van der Waals surface area (Å²) >= 11 is 0. The van der Waals surface area contributed by atoms with Crippen molar-refractivity contribution in [1.82, 2.24) is 4.98 Å². The number of nitrogens with zero attached hydrogens (tertiary/aromatic N) is 1. The minimum Gasteiger partial charge on any atom is -0.436 e. The van der Waals surface area contributed by atoms with Gasteiger partial charge in [0.15, 0.2) is 11.3 Å². The number of ether oxygens (including phenoxy) is 1. The Labute approximate surface area is 116 Å². The lowest BCUT2D eigenvalue weighted by Gasteiger charge is -2.08. The van der Waals surface area contributed by atoms with E-state index in [9.17, 15) is 18.3 Å². The van der Waals surface area contributed by atoms with E-state index < -0.39 is 6.36 Å². The summed E-state index contributed by atoms with van der Waals surface area (Å²) in [7, 11) is 0. The van der Waals surface area contributed by atoms with Crippen LogP contribution in [0, 0.1) is 0 Å². The van der Waals surface area contributed by atoms with Crippen molar-refractivity contribution >= 4 is 11.1 Å². The first-order valence-corrected chi connectivity index (χ1v) is 5.84. The molecule has 0 saturated carbocycles. The van der Waals surface area contributed by atoms with Crippen LogP contribution in [-0.2, 0) is 5.11 Å². The maximum atomic E-state index is 12.1. The lowest BCUT2D eigenvalue weighted by molar-refractivity contribution is -0.274. The zero-order chi connectivity index (χ0) is 15.0. The predicted molar refractivity (Wildman–Crippen MR) is 66.3 cm³/mol. The van der Waals surface area contributed by atoms with Crippen molar-refractivity contribution in [1.29, 1.82) is 0 Å². The largest absolute Gasteiger partial charge is 0.573 e. The molecule has 0 bridgehead atoms. The number of rotatable bonds is 2. The first-order valence-electron chi connectivity index (χ1n) is 5.84. The molecule has 0 saturated heterocycles. The predicted octanol–water partition coefficient (Wildman–Crippen LogP) is 4.54. The van der Waals surface area contributed by atoms with Gasteiger partial charge in [0, 0.05) is 11.6 Å². The van der Waals surface area contributed by atoms with E-state index in [1.165, 1.54) is 30.3 Å². The van der Waals surface area contributed by atoms with Gasteiger partial charge in [-0.3, -0.25) is 5.11 Å². The summed E-state index contributed by atoms with van der Waals surface area (Å²) in [6.07, 6.45) is -4.73. The molecule has 21 heavy (non-hydrogen) atoms. The quantitative estimate of drug-likeness (QED) is 0.697. The molecule has 0 spiro atoms. The van der Waals surface area contributed by atoms with Crippen molar-refractivity contribution in [3.63, 3.8) is 0 Å². The number of oxazole rings is 1. The summed E-state index contributed by atoms with van der Waals surface area (Å²) in [6.45, 7) is 0. The van der Waals surface area contributed by atoms with Crippen LogP contribution >= 0.6 is 0 Å². The van der Waals surface area contributed by atoms with Crippen molar-refractivity contribution in [3.05, 3.63) is 42.5 Å². The normalized spacial score (nSPS) is 11.8. The Kier molecular flexibility index (Phi) is 2.97. The Morgan fingerprint density at radius 3 is 2.43 bits per heavy atom. The molecule has 0 aliphatic carbocycles. The van der Waals surface area contributed by atoms with E-state index in [2.05, 4.69) is 9.72 Å². The zero-order valence-corrected chi connectivity index (χ0v) is 10.3. The molecule has 3 aromatic rings. The molecule has 1 heterocycles. The standard InChI is InChI=1S/C14H7F3NO3/c15-14(16,17)21-10-4-1-8(2-5-10)13-18-11-7-9(19)3-6-12(11)20-13/h1-7H. The number of halogens is 3. The highest BCUT2D eigenvalue weighted by Gasteiger charge is 2.31. The van der Waals surface area contributed by atoms with Gasteiger partial charge in [-0.25, -0.2) is 4.98 Å². The summed E-state index contributed by atoms with van der Waals surface area (Å²) in [5.74, 6) is -0.311. The second-order valence-corrected chi connectivity index (χ2v) is 4.22. The molecule has 7 heteroatoms. The summed E-state index contributed by atoms with van der Waals surface area (Å²) in [4.78, 5) is 4.12. The molecule has 0 aliphatic rings. The molecule has 1 aromatic heterocycles. The minimum atomic E-state index is -4.73. The van der Waals surface area contributed by atoms with Crippen LogP contribution in [0.1, 0.15) is 0 Å². The van der Waals surface area contributed by atoms with Gasteiger partial charge in [-0.05, 0) is 36.4 Å². The Morgan fingerprint density at radius 1 is 1.05 bits per heavy atom. The SMILES string of the molecule is [O]c1ccc2oc(-c3ccc(OC(F)(F)F)cc3)nc2c1. The van der Waals surface area contributed by atoms with Gasteiger partial charge in [-0.15, -0.1) is 13.2 Å². The van der Waals surface area contributed by atoms with E-state index in [1.54, 1.807) is 0 Å². The Balaban J connectivity index is 1.91. The lowest BCUT2D eigenvalue weighted by Crippen LogP contribution is -2.16. The Morgan fingerprint density at radius 2 is 1.76 bits per heavy atom. The minimum absolute atomic E-state index is 0.198. The number of hydrogen-bond donors (Lipinski definition) is 0. The third-order valence-electron chi connectivity index (χ3n) is 2.69. The van der Waals surface area contributed by atoms with E-state index in [1.807, 2.05) is 0 Å². The molecule has 3 rings (SSSR count). The van der Waals surface area contributed by atoms with Crippen LogP contribution in [0.4, 0.5) is 13.2 Å². The first-order chi connectivity index (χ1) is 9.90. The van der Waals surface area contributed by atoms with Crippen molar-refractivity contribution < 1.29 is 27.4 Å². The number of hydrogen-bond acceptors (Lipinski definition) is 3. The monoisotopic (exact) mass is 294 g/mol. The molecule has 1 radical (unpaired) electrons. The highest BCUT2D eigenvalue weighted by molar-refractivity contribution is 5.77. The summed E-state index contributed by atoms with van der Waals surface area (Å²) in [5, 5.41) is 11.2. The molecule has 0 aliphatic heterocycles. The van der Waals surface area contributed by atoms with Gasteiger partial charge < -0.3 is 9.15 Å². The maximum absolute atomic E-state index is 12.1. The molecule has 0 fully saturated rings. The van der Waals surface area contributed by atoms with Crippen LogP contribution in [0.15, 0.2) is 46.9 Å². The van der Waals surface area contributed by atoms with E-state index in [-0.39, 0.29) is 17.4 Å². The fourth-order valence-corrected chi connectivity index (χ4v) is 1.83. The molecule has 0 N–H and O–H groups in total. The van der Waals surface area contributed by atoms with Crippen LogP contribution in [0.5, 0.6) is 11.5 Å². The summed E-state index contributed by atoms with van der Waals surface area (Å²) in [6, 6.07) is 9.28. The van der Waals surface area contributed by atoms with Gasteiger partial charge in [0.05, 0.1) is 0 Å². The van der Waals surface area contributed by atoms with E-state index >= 15 is 0 Å². The number of aromatic nitrogens is 1. The van der Waals surface area contributed by atoms with Crippen LogP contribution in [0.25, 0.3) is 22.6 Å². The van der Waals surface area contributed by atoms with E-state index in [4.69, 9.17) is 4.42 Å². The van der Waals surface area contributed by atoms with Gasteiger partial charge in [-0.1, -0.05) is 0 Å². The molecular weight excluding hydrogens is 287 g/mol. The van der Waals surface area contributed by atoms with E-state index in [0.29, 0.717) is 16.7 Å². The fourth-order valence-electron chi connectivity index (χ4n) is 1.83. The Hall–Kier alpha value is -2.70. The van der Waals surface area contributed by atoms with Crippen LogP contribution in [0.2, 0.25) is 0 Å². The van der Waals surface area contributed by atoms with Gasteiger partial charge in [0.2, 0.25) is 5.89 Å². The summed E-state index contributed by atoms with van der Waals surface area (Å²) < 4.78 is 45.4. The Bertz CT molecular complexity index is 778. The molecule has 0 amide bonds. The second-order valence-electron chi connectivity index (χ2n) is 4.22. The van der Waals surface area contributed by atoms with Gasteiger partial charge >= 0.3 is 6.36 Å². The topological polar surface area (TPSA) is 55.2 Å². The summed E-state index contributed by atoms with van der Waals surface area (Å²) in [5.41, 5.74) is 1.31. The number of alkyl halides is 3. The van der Waals surface area contributed by atoms with Crippen LogP contribution < -0.4 is 4.74 Å². The first kappa shape index (κ1) is 13.3. The van der Waals surface area contributed by atoms with Gasteiger partial charge in [0.25, 0.3) is 0 Å². The zero-order valence-electron chi connectivity index (χ0n) is 10.3. The fraction of sp³-hybridized carbons (Fsp3) is 0.0714. The van der Waals surface area contributed by atoms with Gasteiger partial charge in [-0.2, -0.15) is 0 Å². The smallest absolute Gasteiger partial charge is 0.436 e. The maximum Gasteiger partial charge on any atom is 0.573 e. The van der Waals surface area contributed by atoms with Crippen molar-refractivity contribution in [3.8, 4) is 23.0 Å². The lowest BCUT2D eigenvalue weighted by atomic mass is 10.2.